The molecule has 0 bridgehead atoms. The third-order valence-corrected chi connectivity index (χ3v) is 18.4. The minimum atomic E-state index is 0.0870. The first-order valence-corrected chi connectivity index (χ1v) is 25.1. The van der Waals surface area contributed by atoms with Crippen molar-refractivity contribution in [3.8, 4) is 40.4 Å². The first-order chi connectivity index (χ1) is 26.3. The molecule has 7 heteroatoms. The third kappa shape index (κ3) is 8.13. The van der Waals surface area contributed by atoms with Crippen LogP contribution in [-0.2, 0) is 16.2 Å². The molecule has 0 spiro atoms. The predicted octanol–water partition coefficient (Wildman–Crippen LogP) is 17.4. The molecule has 1 aliphatic carbocycles. The number of fused-ring (bicyclic) bond motifs is 4. The predicted molar refractivity (Wildman–Crippen MR) is 249 cm³/mol. The van der Waals surface area contributed by atoms with E-state index in [0.29, 0.717) is 0 Å². The highest BCUT2D eigenvalue weighted by molar-refractivity contribution is 7.27. The molecule has 7 rings (SSSR count). The molecule has 3 unspecified atom stereocenters. The quantitative estimate of drug-likeness (QED) is 0.0909. The molecule has 5 aromatic heterocycles. The van der Waals surface area contributed by atoms with Crippen molar-refractivity contribution in [3.05, 3.63) is 69.4 Å². The fourth-order valence-corrected chi connectivity index (χ4v) is 14.3. The first kappa shape index (κ1) is 41.0. The minimum absolute atomic E-state index is 0.0870. The Morgan fingerprint density at radius 1 is 0.545 bits per heavy atom. The zero-order valence-electron chi connectivity index (χ0n) is 35.0. The van der Waals surface area contributed by atoms with Crippen molar-refractivity contribution < 1.29 is 0 Å². The van der Waals surface area contributed by atoms with Crippen LogP contribution in [0.2, 0.25) is 0 Å². The third-order valence-electron chi connectivity index (χ3n) is 12.2. The van der Waals surface area contributed by atoms with Gasteiger partial charge in [0.1, 0.15) is 11.0 Å². The second-order valence-electron chi connectivity index (χ2n) is 18.3. The second kappa shape index (κ2) is 16.6. The van der Waals surface area contributed by atoms with Crippen molar-refractivity contribution in [1.82, 2.24) is 8.75 Å². The van der Waals surface area contributed by atoms with E-state index >= 15 is 0 Å². The lowest BCUT2D eigenvalue weighted by Gasteiger charge is -2.38. The Balaban J connectivity index is 1.30. The fraction of sp³-hybridized carbons (Fsp3) is 0.542. The summed E-state index contributed by atoms with van der Waals surface area (Å²) >= 11 is 9.31. The Kier molecular flexibility index (Phi) is 12.4. The van der Waals surface area contributed by atoms with Crippen molar-refractivity contribution >= 4 is 68.1 Å². The summed E-state index contributed by atoms with van der Waals surface area (Å²) in [6, 6.07) is 19.2. The summed E-state index contributed by atoms with van der Waals surface area (Å²) in [7, 11) is 0. The molecule has 1 aromatic carbocycles. The summed E-state index contributed by atoms with van der Waals surface area (Å²) in [5.41, 5.74) is 8.13. The van der Waals surface area contributed by atoms with Crippen LogP contribution in [0, 0.1) is 11.8 Å². The second-order valence-corrected chi connectivity index (χ2v) is 23.1. The Morgan fingerprint density at radius 2 is 1.09 bits per heavy atom. The van der Waals surface area contributed by atoms with Crippen LogP contribution in [0.25, 0.3) is 51.4 Å². The van der Waals surface area contributed by atoms with Gasteiger partial charge in [-0.3, -0.25) is 0 Å². The number of thiophene rings is 4. The molecule has 2 nitrogen and oxygen atoms in total. The normalized spacial score (nSPS) is 16.9. The van der Waals surface area contributed by atoms with Crippen LogP contribution < -0.4 is 0 Å². The van der Waals surface area contributed by atoms with Gasteiger partial charge in [0, 0.05) is 55.6 Å². The maximum Gasteiger partial charge on any atom is 0.114 e. The molecule has 0 saturated heterocycles. The highest BCUT2D eigenvalue weighted by Gasteiger charge is 2.48. The van der Waals surface area contributed by atoms with Gasteiger partial charge in [-0.1, -0.05) is 139 Å². The molecule has 5 heterocycles. The lowest BCUT2D eigenvalue weighted by Crippen LogP contribution is -2.31. The number of hydrogen-bond donors (Lipinski definition) is 0. The topological polar surface area (TPSA) is 25.8 Å². The van der Waals surface area contributed by atoms with Gasteiger partial charge in [-0.25, -0.2) is 0 Å². The highest BCUT2D eigenvalue weighted by Crippen LogP contribution is 2.63. The van der Waals surface area contributed by atoms with Gasteiger partial charge in [0.25, 0.3) is 0 Å². The summed E-state index contributed by atoms with van der Waals surface area (Å²) in [6.07, 6.45) is 14.4. The summed E-state index contributed by atoms with van der Waals surface area (Å²) < 4.78 is 9.75. The van der Waals surface area contributed by atoms with E-state index in [1.807, 2.05) is 22.7 Å². The van der Waals surface area contributed by atoms with E-state index in [9.17, 15) is 0 Å². The van der Waals surface area contributed by atoms with Crippen molar-refractivity contribution in [2.75, 3.05) is 0 Å². The number of hydrogen-bond acceptors (Lipinski definition) is 7. The molecule has 0 radical (unpaired) electrons. The molecular formula is C48H62N2S5. The maximum atomic E-state index is 4.89. The largest absolute Gasteiger partial charge is 0.172 e. The van der Waals surface area contributed by atoms with Gasteiger partial charge in [-0.15, -0.1) is 45.3 Å². The SMILES string of the molecule is CCCCCC(CC)CC1(CC(CC)CCCC)c2cc(-c3ccc(-c4ccc(-c5ccc(C(C)(C)C)s5)c5nsnc45)s3)sc2-c2sc(C(C)(C)C)cc21. The van der Waals surface area contributed by atoms with Gasteiger partial charge in [0.05, 0.1) is 11.7 Å². The molecule has 0 fully saturated rings. The molecular weight excluding hydrogens is 765 g/mol. The average Bonchev–Trinajstić information content (AvgIpc) is 3.99. The van der Waals surface area contributed by atoms with E-state index in [-0.39, 0.29) is 16.2 Å². The smallest absolute Gasteiger partial charge is 0.114 e. The van der Waals surface area contributed by atoms with E-state index in [2.05, 4.69) is 140 Å². The van der Waals surface area contributed by atoms with Crippen LogP contribution in [0.5, 0.6) is 0 Å². The van der Waals surface area contributed by atoms with E-state index in [1.54, 1.807) is 25.8 Å². The highest BCUT2D eigenvalue weighted by atomic mass is 32.1. The van der Waals surface area contributed by atoms with Crippen LogP contribution in [-0.4, -0.2) is 8.75 Å². The van der Waals surface area contributed by atoms with Crippen LogP contribution in [0.15, 0.2) is 48.5 Å². The number of aromatic nitrogens is 2. The van der Waals surface area contributed by atoms with E-state index < -0.39 is 0 Å². The Bertz CT molecular complexity index is 2210. The van der Waals surface area contributed by atoms with E-state index in [0.717, 1.165) is 22.9 Å². The van der Waals surface area contributed by atoms with E-state index in [1.165, 1.54) is 118 Å². The zero-order valence-corrected chi connectivity index (χ0v) is 39.1. The number of benzene rings is 1. The van der Waals surface area contributed by atoms with Gasteiger partial charge in [-0.05, 0) is 83.0 Å². The van der Waals surface area contributed by atoms with Gasteiger partial charge in [-0.2, -0.15) is 8.75 Å². The maximum absolute atomic E-state index is 4.89. The van der Waals surface area contributed by atoms with Crippen LogP contribution in [0.3, 0.4) is 0 Å². The Hall–Kier alpha value is -2.16. The summed E-state index contributed by atoms with van der Waals surface area (Å²) in [5, 5.41) is 0. The number of rotatable bonds is 16. The molecule has 0 saturated carbocycles. The Labute approximate surface area is 352 Å². The zero-order chi connectivity index (χ0) is 39.1. The van der Waals surface area contributed by atoms with Crippen molar-refractivity contribution in [3.63, 3.8) is 0 Å². The summed E-state index contributed by atoms with van der Waals surface area (Å²) in [6.45, 7) is 23.7. The van der Waals surface area contributed by atoms with E-state index in [4.69, 9.17) is 8.75 Å². The van der Waals surface area contributed by atoms with Crippen LogP contribution in [0.4, 0.5) is 0 Å². The molecule has 0 aliphatic heterocycles. The summed E-state index contributed by atoms with van der Waals surface area (Å²) in [5.74, 6) is 1.49. The molecule has 294 valence electrons. The lowest BCUT2D eigenvalue weighted by molar-refractivity contribution is 0.265. The monoisotopic (exact) mass is 826 g/mol. The molecule has 1 aliphatic rings. The number of nitrogens with zero attached hydrogens (tertiary/aromatic N) is 2. The van der Waals surface area contributed by atoms with Crippen molar-refractivity contribution in [2.45, 2.75) is 156 Å². The molecule has 6 aromatic rings. The van der Waals surface area contributed by atoms with Gasteiger partial charge in [0.2, 0.25) is 0 Å². The first-order valence-electron chi connectivity index (χ1n) is 21.1. The summed E-state index contributed by atoms with van der Waals surface area (Å²) in [4.78, 5) is 11.4. The van der Waals surface area contributed by atoms with Crippen LogP contribution >= 0.6 is 57.1 Å². The van der Waals surface area contributed by atoms with Gasteiger partial charge >= 0.3 is 0 Å². The molecule has 3 atom stereocenters. The Morgan fingerprint density at radius 3 is 1.67 bits per heavy atom. The van der Waals surface area contributed by atoms with Gasteiger partial charge in [0.15, 0.2) is 0 Å². The fourth-order valence-electron chi connectivity index (χ4n) is 8.82. The minimum Gasteiger partial charge on any atom is -0.172 e. The molecule has 0 amide bonds. The average molecular weight is 827 g/mol. The van der Waals surface area contributed by atoms with Crippen molar-refractivity contribution in [2.24, 2.45) is 11.8 Å². The van der Waals surface area contributed by atoms with Crippen molar-refractivity contribution in [1.29, 1.82) is 0 Å². The molecule has 0 N–H and O–H groups in total. The van der Waals surface area contributed by atoms with Gasteiger partial charge < -0.3 is 0 Å². The molecule has 55 heavy (non-hydrogen) atoms. The standard InChI is InChI=1S/C48H62N2S5/c1-11-15-17-19-31(14-4)29-48(28-30(13-3)18-16-12-2)34-26-39(53-44(34)45-35(48)27-41(54-45)47(8,9)10)38-23-22-36(51-38)32-20-21-33(43-42(32)49-55-50-43)37-24-25-40(52-37)46(5,6)7/h20-27,30-31H,11-19,28-29H2,1-10H3. The lowest BCUT2D eigenvalue weighted by atomic mass is 9.65. The number of unbranched alkanes of at least 4 members (excludes halogenated alkanes) is 3. The van der Waals surface area contributed by atoms with Crippen LogP contribution in [0.1, 0.15) is 161 Å².